The molecule has 2 N–H and O–H groups in total. The average Bonchev–Trinajstić information content (AvgIpc) is 3.44. The number of allylic oxidation sites excluding steroid dienone is 2. The number of ether oxygens (including phenoxy) is 1. The van der Waals surface area contributed by atoms with Gasteiger partial charge in [0.2, 0.25) is 0 Å². The summed E-state index contributed by atoms with van der Waals surface area (Å²) in [7, 11) is -3.93. The number of rotatable bonds is 6. The highest BCUT2D eigenvalue weighted by Crippen LogP contribution is 2.51. The van der Waals surface area contributed by atoms with Gasteiger partial charge in [-0.15, -0.1) is 0 Å². The largest absolute Gasteiger partial charge is 0.457 e. The van der Waals surface area contributed by atoms with Crippen molar-refractivity contribution in [3.8, 4) is 11.5 Å². The minimum atomic E-state index is -4.48. The van der Waals surface area contributed by atoms with E-state index >= 15 is 0 Å². The first kappa shape index (κ1) is 26.0. The number of benzene rings is 4. The normalized spacial score (nSPS) is 19.8. The van der Waals surface area contributed by atoms with Gasteiger partial charge >= 0.3 is 6.18 Å². The Morgan fingerprint density at radius 3 is 2.27 bits per heavy atom. The minimum Gasteiger partial charge on any atom is -0.457 e. The number of hydrogen-bond donors (Lipinski definition) is 2. The molecule has 3 atom stereocenters. The lowest BCUT2D eigenvalue weighted by Crippen LogP contribution is -2.31. The monoisotopic (exact) mass is 562 g/mol. The molecule has 0 fully saturated rings. The van der Waals surface area contributed by atoms with Crippen molar-refractivity contribution in [3.05, 3.63) is 126 Å². The molecular weight excluding hydrogens is 537 g/mol. The molecule has 4 aromatic rings. The van der Waals surface area contributed by atoms with Gasteiger partial charge in [0, 0.05) is 17.3 Å². The third-order valence-corrected chi connectivity index (χ3v) is 8.71. The van der Waals surface area contributed by atoms with Crippen LogP contribution in [0.4, 0.5) is 24.5 Å². The summed E-state index contributed by atoms with van der Waals surface area (Å²) in [5.41, 5.74) is 1.27. The molecule has 204 valence electrons. The maximum absolute atomic E-state index is 13.8. The molecule has 0 aromatic heterocycles. The SMILES string of the molecule is O=S(=O)(Nc1ccc(Oc2ccccc2)cc1)c1ccc2c(c1)[C@H]1C=CC[C@H]1[C@@H](c1ccccc1C(F)(F)F)N2. The summed E-state index contributed by atoms with van der Waals surface area (Å²) in [6.45, 7) is 0. The quantitative estimate of drug-likeness (QED) is 0.233. The summed E-state index contributed by atoms with van der Waals surface area (Å²) in [6.07, 6.45) is 0.0206. The fraction of sp³-hybridized carbons (Fsp3) is 0.161. The molecule has 5 nitrogen and oxygen atoms in total. The van der Waals surface area contributed by atoms with Crippen LogP contribution < -0.4 is 14.8 Å². The van der Waals surface area contributed by atoms with Crippen LogP contribution in [-0.2, 0) is 16.2 Å². The molecule has 6 rings (SSSR count). The van der Waals surface area contributed by atoms with Crippen molar-refractivity contribution in [2.45, 2.75) is 29.5 Å². The molecule has 4 aromatic carbocycles. The highest BCUT2D eigenvalue weighted by molar-refractivity contribution is 7.92. The van der Waals surface area contributed by atoms with Crippen molar-refractivity contribution in [2.24, 2.45) is 5.92 Å². The Hall–Kier alpha value is -4.24. The molecule has 0 saturated heterocycles. The summed E-state index contributed by atoms with van der Waals surface area (Å²) in [4.78, 5) is 0.0749. The number of hydrogen-bond acceptors (Lipinski definition) is 4. The van der Waals surface area contributed by atoms with E-state index in [0.29, 0.717) is 29.3 Å². The van der Waals surface area contributed by atoms with Crippen molar-refractivity contribution in [1.29, 1.82) is 0 Å². The summed E-state index contributed by atoms with van der Waals surface area (Å²) in [6, 6.07) is 25.6. The molecule has 1 aliphatic carbocycles. The van der Waals surface area contributed by atoms with Gasteiger partial charge in [-0.1, -0.05) is 48.6 Å². The van der Waals surface area contributed by atoms with Crippen molar-refractivity contribution in [3.63, 3.8) is 0 Å². The van der Waals surface area contributed by atoms with Crippen LogP contribution in [0, 0.1) is 5.92 Å². The zero-order valence-electron chi connectivity index (χ0n) is 21.1. The zero-order chi connectivity index (χ0) is 27.9. The summed E-state index contributed by atoms with van der Waals surface area (Å²) in [5.74, 6) is 0.836. The predicted molar refractivity (Wildman–Crippen MR) is 148 cm³/mol. The highest BCUT2D eigenvalue weighted by Gasteiger charge is 2.42. The molecule has 0 amide bonds. The topological polar surface area (TPSA) is 67.4 Å². The van der Waals surface area contributed by atoms with Crippen LogP contribution in [-0.4, -0.2) is 8.42 Å². The number of sulfonamides is 1. The van der Waals surface area contributed by atoms with Gasteiger partial charge in [-0.2, -0.15) is 13.2 Å². The molecular formula is C31H25F3N2O3S. The standard InChI is InChI=1S/C31H25F3N2O3S/c32-31(33,34)28-12-5-4-9-26(28)30-25-11-6-10-24(25)27-19-23(17-18-29(27)35-30)40(37,38)36-20-13-15-22(16-14-20)39-21-7-2-1-3-8-21/h1-10,12-19,24-25,30,35-36H,11H2/t24-,25+,30-/m0/s1. The summed E-state index contributed by atoms with van der Waals surface area (Å²) < 4.78 is 76.4. The summed E-state index contributed by atoms with van der Waals surface area (Å²) in [5, 5.41) is 3.28. The van der Waals surface area contributed by atoms with E-state index < -0.39 is 27.8 Å². The lowest BCUT2D eigenvalue weighted by molar-refractivity contribution is -0.138. The van der Waals surface area contributed by atoms with Crippen LogP contribution in [0.2, 0.25) is 0 Å². The minimum absolute atomic E-state index is 0.0749. The van der Waals surface area contributed by atoms with E-state index in [4.69, 9.17) is 4.74 Å². The van der Waals surface area contributed by atoms with E-state index in [-0.39, 0.29) is 22.3 Å². The van der Waals surface area contributed by atoms with Crippen molar-refractivity contribution < 1.29 is 26.3 Å². The average molecular weight is 563 g/mol. The smallest absolute Gasteiger partial charge is 0.416 e. The first-order valence-electron chi connectivity index (χ1n) is 12.8. The Morgan fingerprint density at radius 2 is 1.52 bits per heavy atom. The van der Waals surface area contributed by atoms with Gasteiger partial charge in [0.05, 0.1) is 16.5 Å². The second-order valence-electron chi connectivity index (χ2n) is 9.85. The molecule has 0 saturated carbocycles. The molecule has 0 bridgehead atoms. The van der Waals surface area contributed by atoms with Crippen LogP contribution >= 0.6 is 0 Å². The molecule has 9 heteroatoms. The van der Waals surface area contributed by atoms with Crippen LogP contribution in [0.1, 0.15) is 35.1 Å². The number of halogens is 3. The third-order valence-electron chi connectivity index (χ3n) is 7.33. The fourth-order valence-corrected chi connectivity index (χ4v) is 6.60. The van der Waals surface area contributed by atoms with Gasteiger partial charge in [0.15, 0.2) is 0 Å². The van der Waals surface area contributed by atoms with Crippen LogP contribution in [0.15, 0.2) is 114 Å². The predicted octanol–water partition coefficient (Wildman–Crippen LogP) is 8.13. The van der Waals surface area contributed by atoms with Gasteiger partial charge in [-0.05, 0) is 84.1 Å². The zero-order valence-corrected chi connectivity index (χ0v) is 21.9. The number of anilines is 2. The van der Waals surface area contributed by atoms with Crippen molar-refractivity contribution >= 4 is 21.4 Å². The Morgan fingerprint density at radius 1 is 0.825 bits per heavy atom. The first-order valence-corrected chi connectivity index (χ1v) is 14.3. The third kappa shape index (κ3) is 5.04. The van der Waals surface area contributed by atoms with E-state index in [1.165, 1.54) is 18.2 Å². The molecule has 0 spiro atoms. The van der Waals surface area contributed by atoms with E-state index in [1.54, 1.807) is 42.5 Å². The first-order chi connectivity index (χ1) is 19.2. The van der Waals surface area contributed by atoms with Gasteiger partial charge in [0.25, 0.3) is 10.0 Å². The number of para-hydroxylation sites is 1. The van der Waals surface area contributed by atoms with E-state index in [9.17, 15) is 21.6 Å². The van der Waals surface area contributed by atoms with Crippen molar-refractivity contribution in [2.75, 3.05) is 10.0 Å². The van der Waals surface area contributed by atoms with Crippen LogP contribution in [0.3, 0.4) is 0 Å². The molecule has 1 aliphatic heterocycles. The van der Waals surface area contributed by atoms with E-state index in [2.05, 4.69) is 10.0 Å². The molecule has 1 heterocycles. The Bertz CT molecular complexity index is 1670. The fourth-order valence-electron chi connectivity index (χ4n) is 5.50. The molecule has 0 unspecified atom stereocenters. The van der Waals surface area contributed by atoms with Gasteiger partial charge in [0.1, 0.15) is 11.5 Å². The van der Waals surface area contributed by atoms with Gasteiger partial charge in [-0.3, -0.25) is 4.72 Å². The number of alkyl halides is 3. The molecule has 2 aliphatic rings. The Labute approximate surface area is 230 Å². The van der Waals surface area contributed by atoms with E-state index in [0.717, 1.165) is 11.6 Å². The summed E-state index contributed by atoms with van der Waals surface area (Å²) >= 11 is 0. The van der Waals surface area contributed by atoms with Gasteiger partial charge in [-0.25, -0.2) is 8.42 Å². The molecule has 0 radical (unpaired) electrons. The number of nitrogens with one attached hydrogen (secondary N) is 2. The Balaban J connectivity index is 1.25. The van der Waals surface area contributed by atoms with Crippen LogP contribution in [0.5, 0.6) is 11.5 Å². The maximum atomic E-state index is 13.8. The Kier molecular flexibility index (Phi) is 6.54. The lowest BCUT2D eigenvalue weighted by atomic mass is 9.76. The van der Waals surface area contributed by atoms with Crippen LogP contribution in [0.25, 0.3) is 0 Å². The van der Waals surface area contributed by atoms with E-state index in [1.807, 2.05) is 42.5 Å². The maximum Gasteiger partial charge on any atom is 0.416 e. The van der Waals surface area contributed by atoms with Crippen molar-refractivity contribution in [1.82, 2.24) is 0 Å². The second kappa shape index (κ2) is 10.1. The highest BCUT2D eigenvalue weighted by atomic mass is 32.2. The second-order valence-corrected chi connectivity index (χ2v) is 11.5. The van der Waals surface area contributed by atoms with Gasteiger partial charge < -0.3 is 10.1 Å². The number of fused-ring (bicyclic) bond motifs is 3. The molecule has 40 heavy (non-hydrogen) atoms. The lowest BCUT2D eigenvalue weighted by Gasteiger charge is -2.38.